The van der Waals surface area contributed by atoms with Gasteiger partial charge < -0.3 is 5.32 Å². The molecule has 1 fully saturated rings. The second kappa shape index (κ2) is 4.45. The topological polar surface area (TPSA) is 32.3 Å². The molecular weight excluding hydrogens is 152 g/mol. The van der Waals surface area contributed by atoms with Crippen molar-refractivity contribution < 1.29 is 4.79 Å². The van der Waals surface area contributed by atoms with E-state index in [1.54, 1.807) is 7.05 Å². The molecule has 0 aromatic carbocycles. The Morgan fingerprint density at radius 3 is 3.00 bits per heavy atom. The lowest BCUT2D eigenvalue weighted by molar-refractivity contribution is -0.124. The lowest BCUT2D eigenvalue weighted by Crippen LogP contribution is -2.42. The molecular formula is C9H18N2O. The minimum absolute atomic E-state index is 0.148. The Morgan fingerprint density at radius 2 is 2.42 bits per heavy atom. The molecule has 0 bridgehead atoms. The first-order valence-corrected chi connectivity index (χ1v) is 4.75. The molecule has 0 radical (unpaired) electrons. The first kappa shape index (κ1) is 9.52. The zero-order valence-electron chi connectivity index (χ0n) is 7.97. The maximum atomic E-state index is 11.3. The van der Waals surface area contributed by atoms with E-state index in [1.165, 1.54) is 0 Å². The molecule has 3 nitrogen and oxygen atoms in total. The highest BCUT2D eigenvalue weighted by molar-refractivity contribution is 5.81. The third-order valence-electron chi connectivity index (χ3n) is 2.42. The van der Waals surface area contributed by atoms with E-state index in [2.05, 4.69) is 17.1 Å². The van der Waals surface area contributed by atoms with Gasteiger partial charge in [0.15, 0.2) is 0 Å². The van der Waals surface area contributed by atoms with E-state index in [4.69, 9.17) is 0 Å². The predicted octanol–water partition coefficient (Wildman–Crippen LogP) is 0.607. The van der Waals surface area contributed by atoms with E-state index in [-0.39, 0.29) is 11.9 Å². The molecule has 70 valence electrons. The first-order chi connectivity index (χ1) is 5.79. The molecule has 0 aliphatic carbocycles. The molecule has 0 aromatic rings. The van der Waals surface area contributed by atoms with Crippen LogP contribution in [0.2, 0.25) is 0 Å². The Morgan fingerprint density at radius 1 is 1.67 bits per heavy atom. The van der Waals surface area contributed by atoms with Gasteiger partial charge in [-0.1, -0.05) is 6.92 Å². The summed E-state index contributed by atoms with van der Waals surface area (Å²) in [6, 6.07) is 0.148. The van der Waals surface area contributed by atoms with Crippen LogP contribution in [0.3, 0.4) is 0 Å². The molecule has 1 amide bonds. The monoisotopic (exact) mass is 170 g/mol. The summed E-state index contributed by atoms with van der Waals surface area (Å²) in [7, 11) is 1.71. The third-order valence-corrected chi connectivity index (χ3v) is 2.42. The Kier molecular flexibility index (Phi) is 3.53. The van der Waals surface area contributed by atoms with Gasteiger partial charge in [0.1, 0.15) is 0 Å². The highest BCUT2D eigenvalue weighted by Crippen LogP contribution is 2.16. The Hall–Kier alpha value is -0.570. The number of likely N-dealkylation sites (N-methyl/N-ethyl adjacent to an activating group) is 1. The van der Waals surface area contributed by atoms with Gasteiger partial charge in [-0.15, -0.1) is 0 Å². The summed E-state index contributed by atoms with van der Waals surface area (Å²) < 4.78 is 0. The number of nitrogens with one attached hydrogen (secondary N) is 1. The smallest absolute Gasteiger partial charge is 0.237 e. The molecule has 0 saturated carbocycles. The summed E-state index contributed by atoms with van der Waals surface area (Å²) in [5.41, 5.74) is 0. The maximum absolute atomic E-state index is 11.3. The Labute approximate surface area is 74.1 Å². The van der Waals surface area contributed by atoms with Gasteiger partial charge in [-0.3, -0.25) is 9.69 Å². The van der Waals surface area contributed by atoms with Crippen molar-refractivity contribution in [1.29, 1.82) is 0 Å². The van der Waals surface area contributed by atoms with Gasteiger partial charge in [-0.2, -0.15) is 0 Å². The molecule has 1 atom stereocenters. The molecule has 1 rings (SSSR count). The molecule has 1 N–H and O–H groups in total. The van der Waals surface area contributed by atoms with Crippen LogP contribution in [0.25, 0.3) is 0 Å². The van der Waals surface area contributed by atoms with Crippen molar-refractivity contribution in [2.75, 3.05) is 20.1 Å². The molecule has 3 heteroatoms. The molecule has 0 aromatic heterocycles. The second-order valence-electron chi connectivity index (χ2n) is 3.31. The lowest BCUT2D eigenvalue weighted by Gasteiger charge is -2.21. The van der Waals surface area contributed by atoms with Crippen LogP contribution in [0, 0.1) is 0 Å². The van der Waals surface area contributed by atoms with Gasteiger partial charge >= 0.3 is 0 Å². The second-order valence-corrected chi connectivity index (χ2v) is 3.31. The number of amides is 1. The van der Waals surface area contributed by atoms with E-state index in [0.29, 0.717) is 0 Å². The van der Waals surface area contributed by atoms with Gasteiger partial charge in [0.2, 0.25) is 5.91 Å². The van der Waals surface area contributed by atoms with Crippen molar-refractivity contribution in [2.24, 2.45) is 0 Å². The summed E-state index contributed by atoms with van der Waals surface area (Å²) >= 11 is 0. The number of likely N-dealkylation sites (tertiary alicyclic amines) is 1. The summed E-state index contributed by atoms with van der Waals surface area (Å²) in [4.78, 5) is 13.6. The average molecular weight is 170 g/mol. The summed E-state index contributed by atoms with van der Waals surface area (Å²) in [5, 5.41) is 2.71. The van der Waals surface area contributed by atoms with Crippen molar-refractivity contribution in [3.8, 4) is 0 Å². The van der Waals surface area contributed by atoms with Gasteiger partial charge in [-0.25, -0.2) is 0 Å². The molecule has 1 saturated heterocycles. The fraction of sp³-hybridized carbons (Fsp3) is 0.889. The lowest BCUT2D eigenvalue weighted by atomic mass is 10.2. The summed E-state index contributed by atoms with van der Waals surface area (Å²) in [5.74, 6) is 0.181. The van der Waals surface area contributed by atoms with E-state index < -0.39 is 0 Å². The normalized spacial score (nSPS) is 24.3. The van der Waals surface area contributed by atoms with Crippen molar-refractivity contribution in [1.82, 2.24) is 10.2 Å². The minimum Gasteiger partial charge on any atom is -0.358 e. The molecule has 12 heavy (non-hydrogen) atoms. The summed E-state index contributed by atoms with van der Waals surface area (Å²) in [6.45, 7) is 4.29. The van der Waals surface area contributed by atoms with Crippen LogP contribution in [-0.2, 0) is 4.79 Å². The van der Waals surface area contributed by atoms with Crippen LogP contribution in [0.1, 0.15) is 26.2 Å². The van der Waals surface area contributed by atoms with Crippen LogP contribution in [0.5, 0.6) is 0 Å². The highest BCUT2D eigenvalue weighted by Gasteiger charge is 2.28. The van der Waals surface area contributed by atoms with Crippen molar-refractivity contribution >= 4 is 5.91 Å². The van der Waals surface area contributed by atoms with Gasteiger partial charge in [0.25, 0.3) is 0 Å². The maximum Gasteiger partial charge on any atom is 0.237 e. The molecule has 1 aliphatic rings. The first-order valence-electron chi connectivity index (χ1n) is 4.75. The molecule has 0 spiro atoms. The standard InChI is InChI=1S/C9H18N2O/c1-3-6-11-7-4-5-8(11)9(12)10-2/h8H,3-7H2,1-2H3,(H,10,12)/t8-/m1/s1. The zero-order chi connectivity index (χ0) is 8.97. The number of carbonyl (C=O) groups excluding carboxylic acids is 1. The fourth-order valence-electron chi connectivity index (χ4n) is 1.84. The van der Waals surface area contributed by atoms with E-state index >= 15 is 0 Å². The van der Waals surface area contributed by atoms with Crippen molar-refractivity contribution in [2.45, 2.75) is 32.2 Å². The van der Waals surface area contributed by atoms with Crippen LogP contribution in [0.4, 0.5) is 0 Å². The van der Waals surface area contributed by atoms with Crippen LogP contribution in [0.15, 0.2) is 0 Å². The van der Waals surface area contributed by atoms with Crippen LogP contribution in [-0.4, -0.2) is 37.0 Å². The number of hydrogen-bond acceptors (Lipinski definition) is 2. The van der Waals surface area contributed by atoms with Crippen LogP contribution >= 0.6 is 0 Å². The minimum atomic E-state index is 0.148. The summed E-state index contributed by atoms with van der Waals surface area (Å²) in [6.07, 6.45) is 3.32. The number of carbonyl (C=O) groups is 1. The van der Waals surface area contributed by atoms with Gasteiger partial charge in [0, 0.05) is 7.05 Å². The third kappa shape index (κ3) is 1.97. The quantitative estimate of drug-likeness (QED) is 0.673. The van der Waals surface area contributed by atoms with Crippen LogP contribution < -0.4 is 5.32 Å². The Balaban J connectivity index is 2.45. The average Bonchev–Trinajstić information content (AvgIpc) is 2.52. The predicted molar refractivity (Wildman–Crippen MR) is 49.0 cm³/mol. The Bertz CT molecular complexity index is 159. The van der Waals surface area contributed by atoms with Gasteiger partial charge in [0.05, 0.1) is 6.04 Å². The number of nitrogens with zero attached hydrogens (tertiary/aromatic N) is 1. The highest BCUT2D eigenvalue weighted by atomic mass is 16.2. The van der Waals surface area contributed by atoms with E-state index in [0.717, 1.165) is 32.4 Å². The van der Waals surface area contributed by atoms with Crippen molar-refractivity contribution in [3.05, 3.63) is 0 Å². The SMILES string of the molecule is CCCN1CCC[C@@H]1C(=O)NC. The molecule has 1 aliphatic heterocycles. The van der Waals surface area contributed by atoms with E-state index in [1.807, 2.05) is 0 Å². The number of hydrogen-bond donors (Lipinski definition) is 1. The largest absolute Gasteiger partial charge is 0.358 e. The molecule has 0 unspecified atom stereocenters. The molecule has 1 heterocycles. The van der Waals surface area contributed by atoms with Gasteiger partial charge in [-0.05, 0) is 32.4 Å². The zero-order valence-corrected chi connectivity index (χ0v) is 7.97. The number of rotatable bonds is 3. The van der Waals surface area contributed by atoms with E-state index in [9.17, 15) is 4.79 Å². The van der Waals surface area contributed by atoms with Crippen molar-refractivity contribution in [3.63, 3.8) is 0 Å². The fourth-order valence-corrected chi connectivity index (χ4v) is 1.84.